The van der Waals surface area contributed by atoms with Crippen LogP contribution in [0.15, 0.2) is 30.3 Å². The third kappa shape index (κ3) is 2.50. The van der Waals surface area contributed by atoms with Crippen LogP contribution in [0.5, 0.6) is 0 Å². The standard InChI is InChI=1S/C17H17N3/c1-12-9-13(11-18)10-17(19-12)20-16-8-4-6-14-5-2-3-7-15(14)16/h4,6,8-10H,2-3,5,7H2,1H3,(H,19,20). The highest BCUT2D eigenvalue weighted by Gasteiger charge is 2.13. The van der Waals surface area contributed by atoms with Crippen LogP contribution in [0.1, 0.15) is 35.2 Å². The summed E-state index contributed by atoms with van der Waals surface area (Å²) in [5, 5.41) is 12.4. The van der Waals surface area contributed by atoms with Gasteiger partial charge in [-0.1, -0.05) is 12.1 Å². The molecule has 0 atom stereocenters. The molecule has 1 aromatic carbocycles. The molecular formula is C17H17N3. The number of pyridine rings is 1. The summed E-state index contributed by atoms with van der Waals surface area (Å²) in [5.74, 6) is 0.750. The number of nitrogens with one attached hydrogen (secondary N) is 1. The van der Waals surface area contributed by atoms with Crippen molar-refractivity contribution in [1.29, 1.82) is 5.26 Å². The van der Waals surface area contributed by atoms with Crippen molar-refractivity contribution in [3.05, 3.63) is 52.7 Å². The van der Waals surface area contributed by atoms with Crippen molar-refractivity contribution >= 4 is 11.5 Å². The molecule has 0 unspecified atom stereocenters. The molecule has 1 aliphatic carbocycles. The summed E-state index contributed by atoms with van der Waals surface area (Å²) in [6.45, 7) is 1.91. The third-order valence-corrected chi connectivity index (χ3v) is 3.74. The molecule has 0 saturated heterocycles. The fraction of sp³-hybridized carbons (Fsp3) is 0.294. The van der Waals surface area contributed by atoms with E-state index in [2.05, 4.69) is 34.6 Å². The van der Waals surface area contributed by atoms with E-state index in [0.29, 0.717) is 5.56 Å². The number of benzene rings is 1. The highest BCUT2D eigenvalue weighted by molar-refractivity contribution is 5.64. The van der Waals surface area contributed by atoms with Gasteiger partial charge in [0.2, 0.25) is 0 Å². The molecule has 0 bridgehead atoms. The van der Waals surface area contributed by atoms with E-state index < -0.39 is 0 Å². The van der Waals surface area contributed by atoms with Crippen LogP contribution in [0.25, 0.3) is 0 Å². The summed E-state index contributed by atoms with van der Waals surface area (Å²) in [7, 11) is 0. The first kappa shape index (κ1) is 12.7. The lowest BCUT2D eigenvalue weighted by atomic mass is 9.90. The average Bonchev–Trinajstić information content (AvgIpc) is 2.47. The van der Waals surface area contributed by atoms with Gasteiger partial charge in [-0.25, -0.2) is 4.98 Å². The van der Waals surface area contributed by atoms with Gasteiger partial charge in [-0.2, -0.15) is 5.26 Å². The van der Waals surface area contributed by atoms with Gasteiger partial charge >= 0.3 is 0 Å². The SMILES string of the molecule is Cc1cc(C#N)cc(Nc2cccc3c2CCCC3)n1. The summed E-state index contributed by atoms with van der Waals surface area (Å²) < 4.78 is 0. The van der Waals surface area contributed by atoms with E-state index in [9.17, 15) is 0 Å². The van der Waals surface area contributed by atoms with Gasteiger partial charge in [0.15, 0.2) is 0 Å². The largest absolute Gasteiger partial charge is 0.340 e. The molecule has 3 nitrogen and oxygen atoms in total. The van der Waals surface area contributed by atoms with E-state index in [-0.39, 0.29) is 0 Å². The smallest absolute Gasteiger partial charge is 0.131 e. The van der Waals surface area contributed by atoms with Crippen molar-refractivity contribution in [2.75, 3.05) is 5.32 Å². The van der Waals surface area contributed by atoms with E-state index >= 15 is 0 Å². The van der Waals surface area contributed by atoms with Crippen LogP contribution in [0, 0.1) is 18.3 Å². The van der Waals surface area contributed by atoms with Crippen molar-refractivity contribution in [2.24, 2.45) is 0 Å². The second kappa shape index (κ2) is 5.34. The Hall–Kier alpha value is -2.34. The fourth-order valence-electron chi connectivity index (χ4n) is 2.83. The summed E-state index contributed by atoms with van der Waals surface area (Å²) in [6, 6.07) is 12.2. The Labute approximate surface area is 119 Å². The average molecular weight is 263 g/mol. The molecule has 20 heavy (non-hydrogen) atoms. The number of aromatic nitrogens is 1. The molecule has 0 fully saturated rings. The zero-order chi connectivity index (χ0) is 13.9. The molecule has 0 radical (unpaired) electrons. The quantitative estimate of drug-likeness (QED) is 0.894. The van der Waals surface area contributed by atoms with Crippen LogP contribution in [0.3, 0.4) is 0 Å². The summed E-state index contributed by atoms with van der Waals surface area (Å²) in [4.78, 5) is 4.46. The van der Waals surface area contributed by atoms with E-state index in [0.717, 1.165) is 30.0 Å². The fourth-order valence-corrected chi connectivity index (χ4v) is 2.83. The van der Waals surface area contributed by atoms with Gasteiger partial charge in [0, 0.05) is 11.4 Å². The Kier molecular flexibility index (Phi) is 3.39. The molecular weight excluding hydrogens is 246 g/mol. The van der Waals surface area contributed by atoms with E-state index in [4.69, 9.17) is 5.26 Å². The Bertz CT molecular complexity index is 683. The van der Waals surface area contributed by atoms with Crippen molar-refractivity contribution < 1.29 is 0 Å². The van der Waals surface area contributed by atoms with E-state index in [1.54, 1.807) is 12.1 Å². The minimum Gasteiger partial charge on any atom is -0.340 e. The van der Waals surface area contributed by atoms with Crippen LogP contribution in [-0.2, 0) is 12.8 Å². The number of fused-ring (bicyclic) bond motifs is 1. The minimum atomic E-state index is 0.643. The van der Waals surface area contributed by atoms with Crippen molar-refractivity contribution in [3.63, 3.8) is 0 Å². The molecule has 2 aromatic rings. The van der Waals surface area contributed by atoms with Crippen molar-refractivity contribution in [1.82, 2.24) is 4.98 Å². The van der Waals surface area contributed by atoms with E-state index in [1.807, 2.05) is 6.92 Å². The monoisotopic (exact) mass is 263 g/mol. The first-order valence-electron chi connectivity index (χ1n) is 7.03. The number of anilines is 2. The van der Waals surface area contributed by atoms with Crippen molar-refractivity contribution in [2.45, 2.75) is 32.6 Å². The maximum absolute atomic E-state index is 9.04. The molecule has 3 heteroatoms. The van der Waals surface area contributed by atoms with Crippen LogP contribution in [-0.4, -0.2) is 4.98 Å². The van der Waals surface area contributed by atoms with Gasteiger partial charge in [0.25, 0.3) is 0 Å². The predicted octanol–water partition coefficient (Wildman–Crippen LogP) is 3.88. The summed E-state index contributed by atoms with van der Waals surface area (Å²) >= 11 is 0. The van der Waals surface area contributed by atoms with Gasteiger partial charge in [-0.3, -0.25) is 0 Å². The van der Waals surface area contributed by atoms with Gasteiger partial charge in [0.1, 0.15) is 5.82 Å². The highest BCUT2D eigenvalue weighted by atomic mass is 15.0. The summed E-state index contributed by atoms with van der Waals surface area (Å²) in [5.41, 5.74) is 5.47. The molecule has 100 valence electrons. The van der Waals surface area contributed by atoms with E-state index in [1.165, 1.54) is 24.0 Å². The number of hydrogen-bond acceptors (Lipinski definition) is 3. The molecule has 3 rings (SSSR count). The zero-order valence-corrected chi connectivity index (χ0v) is 11.6. The Morgan fingerprint density at radius 3 is 2.90 bits per heavy atom. The number of nitriles is 1. The first-order valence-corrected chi connectivity index (χ1v) is 7.03. The number of aryl methyl sites for hydroxylation is 2. The Balaban J connectivity index is 1.96. The normalized spacial score (nSPS) is 13.4. The molecule has 0 amide bonds. The van der Waals surface area contributed by atoms with Crippen LogP contribution < -0.4 is 5.32 Å². The predicted molar refractivity (Wildman–Crippen MR) is 80.1 cm³/mol. The molecule has 1 N–H and O–H groups in total. The van der Waals surface area contributed by atoms with Gasteiger partial charge in [-0.05, 0) is 61.9 Å². The highest BCUT2D eigenvalue weighted by Crippen LogP contribution is 2.29. The van der Waals surface area contributed by atoms with Crippen LogP contribution in [0.4, 0.5) is 11.5 Å². The lowest BCUT2D eigenvalue weighted by Gasteiger charge is -2.20. The van der Waals surface area contributed by atoms with Crippen LogP contribution in [0.2, 0.25) is 0 Å². The third-order valence-electron chi connectivity index (χ3n) is 3.74. The van der Waals surface area contributed by atoms with Crippen LogP contribution >= 0.6 is 0 Å². The van der Waals surface area contributed by atoms with Gasteiger partial charge < -0.3 is 5.32 Å². The number of nitrogens with zero attached hydrogens (tertiary/aromatic N) is 2. The summed E-state index contributed by atoms with van der Waals surface area (Å²) in [6.07, 6.45) is 4.80. The molecule has 1 aromatic heterocycles. The molecule has 1 aliphatic rings. The second-order valence-corrected chi connectivity index (χ2v) is 5.27. The molecule has 0 spiro atoms. The number of rotatable bonds is 2. The number of hydrogen-bond donors (Lipinski definition) is 1. The first-order chi connectivity index (χ1) is 9.76. The zero-order valence-electron chi connectivity index (χ0n) is 11.6. The Morgan fingerprint density at radius 2 is 2.05 bits per heavy atom. The topological polar surface area (TPSA) is 48.7 Å². The molecule has 0 aliphatic heterocycles. The lowest BCUT2D eigenvalue weighted by Crippen LogP contribution is -2.07. The van der Waals surface area contributed by atoms with Gasteiger partial charge in [-0.15, -0.1) is 0 Å². The minimum absolute atomic E-state index is 0.643. The maximum Gasteiger partial charge on any atom is 0.131 e. The molecule has 1 heterocycles. The molecule has 0 saturated carbocycles. The lowest BCUT2D eigenvalue weighted by molar-refractivity contribution is 0.687. The van der Waals surface area contributed by atoms with Crippen molar-refractivity contribution in [3.8, 4) is 6.07 Å². The maximum atomic E-state index is 9.04. The second-order valence-electron chi connectivity index (χ2n) is 5.27. The van der Waals surface area contributed by atoms with Gasteiger partial charge in [0.05, 0.1) is 11.6 Å². The Morgan fingerprint density at radius 1 is 1.20 bits per heavy atom.